The summed E-state index contributed by atoms with van der Waals surface area (Å²) < 4.78 is 5.32. The Morgan fingerprint density at radius 1 is 1.46 bits per heavy atom. The van der Waals surface area contributed by atoms with Gasteiger partial charge in [-0.1, -0.05) is 13.8 Å². The highest BCUT2D eigenvalue weighted by Gasteiger charge is 2.13. The van der Waals surface area contributed by atoms with Crippen LogP contribution < -0.4 is 0 Å². The third-order valence-corrected chi connectivity index (χ3v) is 2.23. The second kappa shape index (κ2) is 3.42. The van der Waals surface area contributed by atoms with Crippen LogP contribution in [0.2, 0.25) is 0 Å². The third kappa shape index (κ3) is 1.70. The van der Waals surface area contributed by atoms with Gasteiger partial charge in [0, 0.05) is 24.1 Å². The van der Waals surface area contributed by atoms with E-state index in [1.807, 2.05) is 6.20 Å². The molecule has 13 heavy (non-hydrogen) atoms. The van der Waals surface area contributed by atoms with Gasteiger partial charge in [-0.15, -0.1) is 0 Å². The molecule has 70 valence electrons. The van der Waals surface area contributed by atoms with Crippen molar-refractivity contribution in [3.8, 4) is 0 Å². The lowest BCUT2D eigenvalue weighted by atomic mass is 10.1. The monoisotopic (exact) mass is 178 g/mol. The molecule has 1 aliphatic heterocycles. The first-order valence-electron chi connectivity index (χ1n) is 4.70. The predicted molar refractivity (Wildman–Crippen MR) is 49.5 cm³/mol. The van der Waals surface area contributed by atoms with E-state index in [9.17, 15) is 0 Å². The van der Waals surface area contributed by atoms with E-state index in [1.54, 1.807) is 0 Å². The molecule has 2 heterocycles. The molecular formula is C10H14N2O. The topological polar surface area (TPSA) is 35.0 Å². The normalized spacial score (nSPS) is 15.9. The molecule has 1 aliphatic rings. The number of aromatic nitrogens is 2. The summed E-state index contributed by atoms with van der Waals surface area (Å²) in [5.74, 6) is 1.36. The maximum Gasteiger partial charge on any atom is 0.131 e. The lowest BCUT2D eigenvalue weighted by Gasteiger charge is -2.16. The Kier molecular flexibility index (Phi) is 2.27. The second-order valence-electron chi connectivity index (χ2n) is 3.66. The van der Waals surface area contributed by atoms with E-state index in [0.29, 0.717) is 12.5 Å². The van der Waals surface area contributed by atoms with Crippen molar-refractivity contribution in [1.29, 1.82) is 0 Å². The molecule has 0 amide bonds. The summed E-state index contributed by atoms with van der Waals surface area (Å²) in [6.45, 7) is 5.69. The molecule has 0 radical (unpaired) electrons. The molecule has 1 aromatic heterocycles. The van der Waals surface area contributed by atoms with Gasteiger partial charge in [-0.2, -0.15) is 0 Å². The van der Waals surface area contributed by atoms with Gasteiger partial charge in [-0.3, -0.25) is 0 Å². The van der Waals surface area contributed by atoms with E-state index >= 15 is 0 Å². The van der Waals surface area contributed by atoms with E-state index < -0.39 is 0 Å². The molecule has 0 atom stereocenters. The summed E-state index contributed by atoms with van der Waals surface area (Å²) >= 11 is 0. The highest BCUT2D eigenvalue weighted by Crippen LogP contribution is 2.16. The molecule has 0 aliphatic carbocycles. The number of ether oxygens (including phenoxy) is 1. The van der Waals surface area contributed by atoms with Gasteiger partial charge in [-0.25, -0.2) is 9.97 Å². The maximum absolute atomic E-state index is 5.32. The van der Waals surface area contributed by atoms with Gasteiger partial charge in [0.2, 0.25) is 0 Å². The van der Waals surface area contributed by atoms with Gasteiger partial charge in [0.1, 0.15) is 5.82 Å². The first kappa shape index (κ1) is 8.63. The lowest BCUT2D eigenvalue weighted by Crippen LogP contribution is -2.14. The van der Waals surface area contributed by atoms with Gasteiger partial charge in [0.25, 0.3) is 0 Å². The quantitative estimate of drug-likeness (QED) is 0.656. The molecule has 0 aromatic carbocycles. The van der Waals surface area contributed by atoms with Crippen LogP contribution in [0.4, 0.5) is 0 Å². The average Bonchev–Trinajstić information content (AvgIpc) is 2.17. The van der Waals surface area contributed by atoms with Gasteiger partial charge >= 0.3 is 0 Å². The van der Waals surface area contributed by atoms with E-state index in [0.717, 1.165) is 24.4 Å². The SMILES string of the molecule is CC(C)c1ncc2c(n1)CCOC2. The Balaban J connectivity index is 2.35. The fraction of sp³-hybridized carbons (Fsp3) is 0.600. The summed E-state index contributed by atoms with van der Waals surface area (Å²) in [6, 6.07) is 0. The first-order chi connectivity index (χ1) is 6.27. The molecule has 0 bridgehead atoms. The number of nitrogens with zero attached hydrogens (tertiary/aromatic N) is 2. The average molecular weight is 178 g/mol. The van der Waals surface area contributed by atoms with Gasteiger partial charge in [0.05, 0.1) is 18.9 Å². The minimum absolute atomic E-state index is 0.410. The molecule has 0 saturated heterocycles. The maximum atomic E-state index is 5.32. The summed E-state index contributed by atoms with van der Waals surface area (Å²) in [5.41, 5.74) is 2.32. The van der Waals surface area contributed by atoms with Crippen LogP contribution in [0.1, 0.15) is 36.8 Å². The van der Waals surface area contributed by atoms with Crippen LogP contribution in [0.25, 0.3) is 0 Å². The van der Waals surface area contributed by atoms with Crippen molar-refractivity contribution in [2.45, 2.75) is 32.8 Å². The highest BCUT2D eigenvalue weighted by atomic mass is 16.5. The van der Waals surface area contributed by atoms with Crippen LogP contribution in [0, 0.1) is 0 Å². The Morgan fingerprint density at radius 2 is 2.31 bits per heavy atom. The lowest BCUT2D eigenvalue weighted by molar-refractivity contribution is 0.108. The largest absolute Gasteiger partial charge is 0.376 e. The van der Waals surface area contributed by atoms with E-state index in [2.05, 4.69) is 23.8 Å². The van der Waals surface area contributed by atoms with E-state index in [4.69, 9.17) is 4.74 Å². The van der Waals surface area contributed by atoms with Crippen molar-refractivity contribution in [3.05, 3.63) is 23.3 Å². The Hall–Kier alpha value is -0.960. The zero-order valence-electron chi connectivity index (χ0n) is 8.08. The van der Waals surface area contributed by atoms with Crippen LogP contribution in [0.3, 0.4) is 0 Å². The van der Waals surface area contributed by atoms with Gasteiger partial charge in [-0.05, 0) is 0 Å². The molecule has 1 aromatic rings. The number of hydrogen-bond donors (Lipinski definition) is 0. The fourth-order valence-corrected chi connectivity index (χ4v) is 1.42. The summed E-state index contributed by atoms with van der Waals surface area (Å²) in [5, 5.41) is 0. The predicted octanol–water partition coefficient (Wildman–Crippen LogP) is 1.67. The second-order valence-corrected chi connectivity index (χ2v) is 3.66. The van der Waals surface area contributed by atoms with Crippen LogP contribution in [-0.2, 0) is 17.8 Å². The molecule has 0 N–H and O–H groups in total. The number of fused-ring (bicyclic) bond motifs is 1. The minimum atomic E-state index is 0.410. The van der Waals surface area contributed by atoms with Crippen molar-refractivity contribution in [2.24, 2.45) is 0 Å². The minimum Gasteiger partial charge on any atom is -0.376 e. The number of rotatable bonds is 1. The van der Waals surface area contributed by atoms with Gasteiger partial charge in [0.15, 0.2) is 0 Å². The highest BCUT2D eigenvalue weighted by molar-refractivity contribution is 5.19. The van der Waals surface area contributed by atoms with Gasteiger partial charge < -0.3 is 4.74 Å². The van der Waals surface area contributed by atoms with E-state index in [-0.39, 0.29) is 0 Å². The van der Waals surface area contributed by atoms with Crippen molar-refractivity contribution in [3.63, 3.8) is 0 Å². The Labute approximate surface area is 78.2 Å². The van der Waals surface area contributed by atoms with E-state index in [1.165, 1.54) is 5.69 Å². The fourth-order valence-electron chi connectivity index (χ4n) is 1.42. The molecule has 2 rings (SSSR count). The van der Waals surface area contributed by atoms with Crippen LogP contribution in [0.15, 0.2) is 6.20 Å². The Morgan fingerprint density at radius 3 is 3.08 bits per heavy atom. The number of hydrogen-bond acceptors (Lipinski definition) is 3. The zero-order chi connectivity index (χ0) is 9.26. The van der Waals surface area contributed by atoms with Crippen molar-refractivity contribution in [1.82, 2.24) is 9.97 Å². The van der Waals surface area contributed by atoms with Crippen molar-refractivity contribution in [2.75, 3.05) is 6.61 Å². The molecular weight excluding hydrogens is 164 g/mol. The molecule has 0 saturated carbocycles. The summed E-state index contributed by atoms with van der Waals surface area (Å²) in [7, 11) is 0. The first-order valence-corrected chi connectivity index (χ1v) is 4.70. The van der Waals surface area contributed by atoms with Crippen molar-refractivity contribution < 1.29 is 4.74 Å². The van der Waals surface area contributed by atoms with Crippen molar-refractivity contribution >= 4 is 0 Å². The standard InChI is InChI=1S/C10H14N2O/c1-7(2)10-11-5-8-6-13-4-3-9(8)12-10/h5,7H,3-4,6H2,1-2H3. The smallest absolute Gasteiger partial charge is 0.131 e. The molecule has 3 heteroatoms. The third-order valence-electron chi connectivity index (χ3n) is 2.23. The zero-order valence-corrected chi connectivity index (χ0v) is 8.08. The molecule has 0 spiro atoms. The van der Waals surface area contributed by atoms with Crippen LogP contribution >= 0.6 is 0 Å². The molecule has 0 unspecified atom stereocenters. The van der Waals surface area contributed by atoms with Crippen LogP contribution in [0.5, 0.6) is 0 Å². The van der Waals surface area contributed by atoms with Crippen LogP contribution in [-0.4, -0.2) is 16.6 Å². The summed E-state index contributed by atoms with van der Waals surface area (Å²) in [4.78, 5) is 8.82. The molecule has 0 fully saturated rings. The Bertz CT molecular complexity index is 310. The summed E-state index contributed by atoms with van der Waals surface area (Å²) in [6.07, 6.45) is 2.83. The molecule has 3 nitrogen and oxygen atoms in total.